The molecule has 4 rings (SSSR count). The third-order valence-corrected chi connectivity index (χ3v) is 6.93. The molecule has 2 aromatic carbocycles. The molecule has 1 atom stereocenters. The Morgan fingerprint density at radius 1 is 1.17 bits per heavy atom. The van der Waals surface area contributed by atoms with Crippen LogP contribution in [-0.4, -0.2) is 23.4 Å². The Hall–Kier alpha value is -3.30. The number of amides is 1. The van der Waals surface area contributed by atoms with Gasteiger partial charge in [-0.1, -0.05) is 17.7 Å². The topological polar surface area (TPSA) is 66.8 Å². The highest BCUT2D eigenvalue weighted by Gasteiger charge is 2.48. The molecule has 35 heavy (non-hydrogen) atoms. The second-order valence-corrected chi connectivity index (χ2v) is 9.12. The number of Topliss-reactive ketones (excluding diaryl/α,β-unsaturated/α-hetero) is 1. The van der Waals surface area contributed by atoms with Crippen molar-refractivity contribution >= 4 is 46.1 Å². The maximum Gasteiger partial charge on any atom is 0.416 e. The quantitative estimate of drug-likeness (QED) is 0.229. The van der Waals surface area contributed by atoms with Crippen LogP contribution in [0.3, 0.4) is 0 Å². The Balaban J connectivity index is 1.93. The first kappa shape index (κ1) is 24.8. The largest absolute Gasteiger partial charge is 0.507 e. The molecule has 1 fully saturated rings. The van der Waals surface area contributed by atoms with Gasteiger partial charge in [-0.15, -0.1) is 11.3 Å². The number of halogens is 4. The number of alkyl halides is 3. The number of thiophene rings is 1. The standard InChI is InChI=1S/C25H19ClF3NO4S/c1-3-34-18-11-14(7-8-17(18)26)21(31)19-20(23-13(2)9-10-35-23)30(24(33)22(19)32)16-6-4-5-15(12-16)25(27,28)29/h4-12,20,31H,3H2,1-2H3/b21-19-. The minimum Gasteiger partial charge on any atom is -0.507 e. The van der Waals surface area contributed by atoms with Crippen LogP contribution in [0.25, 0.3) is 5.76 Å². The van der Waals surface area contributed by atoms with Crippen molar-refractivity contribution in [3.8, 4) is 5.75 Å². The van der Waals surface area contributed by atoms with Crippen LogP contribution in [0.2, 0.25) is 5.02 Å². The van der Waals surface area contributed by atoms with Gasteiger partial charge in [0.15, 0.2) is 0 Å². The molecule has 1 aliphatic rings. The minimum atomic E-state index is -4.64. The van der Waals surface area contributed by atoms with Gasteiger partial charge in [-0.3, -0.25) is 14.5 Å². The van der Waals surface area contributed by atoms with E-state index in [1.165, 1.54) is 41.7 Å². The van der Waals surface area contributed by atoms with Gasteiger partial charge in [0.05, 0.1) is 22.8 Å². The predicted molar refractivity (Wildman–Crippen MR) is 128 cm³/mol. The van der Waals surface area contributed by atoms with Crippen LogP contribution in [0, 0.1) is 6.92 Å². The smallest absolute Gasteiger partial charge is 0.416 e. The summed E-state index contributed by atoms with van der Waals surface area (Å²) in [4.78, 5) is 27.9. The zero-order chi connectivity index (χ0) is 25.5. The second-order valence-electron chi connectivity index (χ2n) is 7.76. The summed E-state index contributed by atoms with van der Waals surface area (Å²) >= 11 is 7.36. The van der Waals surface area contributed by atoms with Crippen molar-refractivity contribution in [1.82, 2.24) is 0 Å². The lowest BCUT2D eigenvalue weighted by atomic mass is 9.98. The van der Waals surface area contributed by atoms with Crippen LogP contribution >= 0.6 is 22.9 Å². The number of anilines is 1. The molecule has 0 saturated carbocycles. The van der Waals surface area contributed by atoms with Crippen LogP contribution in [0.4, 0.5) is 18.9 Å². The van der Waals surface area contributed by atoms with Crippen LogP contribution in [-0.2, 0) is 15.8 Å². The van der Waals surface area contributed by atoms with Crippen LogP contribution in [0.15, 0.2) is 59.5 Å². The van der Waals surface area contributed by atoms with Gasteiger partial charge in [0, 0.05) is 16.1 Å². The molecule has 2 heterocycles. The number of ketones is 1. The monoisotopic (exact) mass is 521 g/mol. The molecule has 0 bridgehead atoms. The van der Waals surface area contributed by atoms with Gasteiger partial charge in [0.25, 0.3) is 11.7 Å². The first-order valence-corrected chi connectivity index (χ1v) is 11.7. The number of aryl methyl sites for hydroxylation is 1. The molecule has 5 nitrogen and oxygen atoms in total. The average Bonchev–Trinajstić information content (AvgIpc) is 3.34. The summed E-state index contributed by atoms with van der Waals surface area (Å²) in [7, 11) is 0. The maximum absolute atomic E-state index is 13.4. The molecule has 0 radical (unpaired) electrons. The van der Waals surface area contributed by atoms with Crippen molar-refractivity contribution < 1.29 is 32.6 Å². The number of ether oxygens (including phenoxy) is 1. The van der Waals surface area contributed by atoms with Crippen molar-refractivity contribution in [1.29, 1.82) is 0 Å². The van der Waals surface area contributed by atoms with Crippen molar-refractivity contribution in [2.24, 2.45) is 0 Å². The van der Waals surface area contributed by atoms with E-state index in [1.807, 2.05) is 0 Å². The Morgan fingerprint density at radius 2 is 1.91 bits per heavy atom. The fourth-order valence-corrected chi connectivity index (χ4v) is 5.11. The second kappa shape index (κ2) is 9.39. The number of hydrogen-bond donors (Lipinski definition) is 1. The maximum atomic E-state index is 13.4. The highest BCUT2D eigenvalue weighted by molar-refractivity contribution is 7.10. The SMILES string of the molecule is CCOc1cc(/C(O)=C2/C(=O)C(=O)N(c3cccc(C(F)(F)F)c3)C2c2sccc2C)ccc1Cl. The van der Waals surface area contributed by atoms with Crippen LogP contribution in [0.5, 0.6) is 5.75 Å². The highest BCUT2D eigenvalue weighted by atomic mass is 35.5. The molecule has 0 aliphatic carbocycles. The zero-order valence-electron chi connectivity index (χ0n) is 18.5. The first-order valence-electron chi connectivity index (χ1n) is 10.5. The number of rotatable bonds is 5. The van der Waals surface area contributed by atoms with E-state index in [2.05, 4.69) is 0 Å². The van der Waals surface area contributed by atoms with Crippen molar-refractivity contribution in [2.45, 2.75) is 26.1 Å². The third-order valence-electron chi connectivity index (χ3n) is 5.55. The number of hydrogen-bond acceptors (Lipinski definition) is 5. The first-order chi connectivity index (χ1) is 16.5. The zero-order valence-corrected chi connectivity index (χ0v) is 20.1. The summed E-state index contributed by atoms with van der Waals surface area (Å²) in [5.74, 6) is -2.25. The van der Waals surface area contributed by atoms with E-state index in [0.717, 1.165) is 22.6 Å². The lowest BCUT2D eigenvalue weighted by Crippen LogP contribution is -2.29. The summed E-state index contributed by atoms with van der Waals surface area (Å²) in [5, 5.41) is 13.2. The number of carbonyl (C=O) groups excluding carboxylic acids is 2. The number of nitrogens with zero attached hydrogens (tertiary/aromatic N) is 1. The van der Waals surface area contributed by atoms with E-state index < -0.39 is 35.2 Å². The normalized spacial score (nSPS) is 17.8. The van der Waals surface area contributed by atoms with Crippen LogP contribution in [0.1, 0.15) is 34.5 Å². The Morgan fingerprint density at radius 3 is 2.54 bits per heavy atom. The lowest BCUT2D eigenvalue weighted by Gasteiger charge is -2.25. The van der Waals surface area contributed by atoms with Gasteiger partial charge in [-0.05, 0) is 67.3 Å². The van der Waals surface area contributed by atoms with Gasteiger partial charge in [-0.2, -0.15) is 13.2 Å². The van der Waals surface area contributed by atoms with E-state index in [1.54, 1.807) is 25.3 Å². The van der Waals surface area contributed by atoms with Gasteiger partial charge in [0.1, 0.15) is 17.6 Å². The molecular weight excluding hydrogens is 503 g/mol. The molecule has 0 spiro atoms. The van der Waals surface area contributed by atoms with Crippen molar-refractivity contribution in [3.05, 3.63) is 86.1 Å². The third kappa shape index (κ3) is 4.53. The summed E-state index contributed by atoms with van der Waals surface area (Å²) in [6.07, 6.45) is -4.64. The van der Waals surface area contributed by atoms with Crippen molar-refractivity contribution in [3.63, 3.8) is 0 Å². The van der Waals surface area contributed by atoms with E-state index in [4.69, 9.17) is 16.3 Å². The molecule has 1 aliphatic heterocycles. The molecule has 1 unspecified atom stereocenters. The fourth-order valence-electron chi connectivity index (χ4n) is 3.92. The Labute approximate surface area is 208 Å². The highest BCUT2D eigenvalue weighted by Crippen LogP contribution is 2.46. The van der Waals surface area contributed by atoms with Gasteiger partial charge >= 0.3 is 6.18 Å². The molecule has 1 amide bonds. The number of aliphatic hydroxyl groups excluding tert-OH is 1. The summed E-state index contributed by atoms with van der Waals surface area (Å²) in [6, 6.07) is 9.23. The van der Waals surface area contributed by atoms with E-state index in [-0.39, 0.29) is 22.6 Å². The number of aliphatic hydroxyl groups is 1. The average molecular weight is 522 g/mol. The van der Waals surface area contributed by atoms with E-state index >= 15 is 0 Å². The summed E-state index contributed by atoms with van der Waals surface area (Å²) < 4.78 is 45.6. The van der Waals surface area contributed by atoms with E-state index in [0.29, 0.717) is 16.5 Å². The molecule has 1 saturated heterocycles. The summed E-state index contributed by atoms with van der Waals surface area (Å²) in [5.41, 5.74) is -0.403. The van der Waals surface area contributed by atoms with Crippen molar-refractivity contribution in [2.75, 3.05) is 11.5 Å². The molecular formula is C25H19ClF3NO4S. The molecule has 182 valence electrons. The Bertz CT molecular complexity index is 1350. The number of benzene rings is 2. The van der Waals surface area contributed by atoms with Gasteiger partial charge in [-0.25, -0.2) is 0 Å². The Kier molecular flexibility index (Phi) is 6.66. The molecule has 1 aromatic heterocycles. The molecule has 1 N–H and O–H groups in total. The van der Waals surface area contributed by atoms with Gasteiger partial charge < -0.3 is 9.84 Å². The molecule has 10 heteroatoms. The summed E-state index contributed by atoms with van der Waals surface area (Å²) in [6.45, 7) is 3.81. The lowest BCUT2D eigenvalue weighted by molar-refractivity contribution is -0.137. The number of carbonyl (C=O) groups is 2. The van der Waals surface area contributed by atoms with Crippen LogP contribution < -0.4 is 9.64 Å². The van der Waals surface area contributed by atoms with E-state index in [9.17, 15) is 27.9 Å². The molecule has 3 aromatic rings. The fraction of sp³-hybridized carbons (Fsp3) is 0.200. The van der Waals surface area contributed by atoms with Gasteiger partial charge in [0.2, 0.25) is 0 Å². The minimum absolute atomic E-state index is 0.107. The predicted octanol–water partition coefficient (Wildman–Crippen LogP) is 6.75.